The van der Waals surface area contributed by atoms with E-state index in [4.69, 9.17) is 0 Å². The highest BCUT2D eigenvalue weighted by Gasteiger charge is 2.36. The maximum atomic E-state index is 12.8. The second kappa shape index (κ2) is 6.15. The topological polar surface area (TPSA) is 63.9 Å². The molecule has 1 unspecified atom stereocenters. The van der Waals surface area contributed by atoms with Crippen LogP contribution >= 0.6 is 11.3 Å². The highest BCUT2D eigenvalue weighted by molar-refractivity contribution is 7.13. The van der Waals surface area contributed by atoms with Gasteiger partial charge in [0.05, 0.1) is 0 Å². The Hall–Kier alpha value is -1.97. The van der Waals surface area contributed by atoms with Crippen molar-refractivity contribution in [1.29, 1.82) is 0 Å². The Morgan fingerprint density at radius 2 is 2.12 bits per heavy atom. The zero-order valence-electron chi connectivity index (χ0n) is 13.2. The quantitative estimate of drug-likeness (QED) is 0.827. The fourth-order valence-corrected chi connectivity index (χ4v) is 3.55. The summed E-state index contributed by atoms with van der Waals surface area (Å²) in [6.07, 6.45) is -2.07. The van der Waals surface area contributed by atoms with Crippen molar-refractivity contribution in [2.24, 2.45) is 7.05 Å². The number of carbonyl (C=O) groups excluding carboxylic acids is 1. The van der Waals surface area contributed by atoms with Crippen LogP contribution in [-0.2, 0) is 13.2 Å². The minimum atomic E-state index is -4.47. The maximum absolute atomic E-state index is 12.8. The van der Waals surface area contributed by atoms with Gasteiger partial charge in [-0.1, -0.05) is 11.3 Å². The number of hydrogen-bond donors (Lipinski definition) is 0. The highest BCUT2D eigenvalue weighted by Crippen LogP contribution is 2.32. The van der Waals surface area contributed by atoms with E-state index in [0.29, 0.717) is 41.8 Å². The van der Waals surface area contributed by atoms with Crippen LogP contribution in [0.15, 0.2) is 6.20 Å². The van der Waals surface area contributed by atoms with Crippen molar-refractivity contribution in [3.63, 3.8) is 0 Å². The molecule has 0 saturated carbocycles. The van der Waals surface area contributed by atoms with E-state index in [2.05, 4.69) is 15.2 Å². The van der Waals surface area contributed by atoms with Gasteiger partial charge in [0.2, 0.25) is 5.01 Å². The number of aromatic nitrogens is 4. The van der Waals surface area contributed by atoms with Crippen LogP contribution in [0.5, 0.6) is 0 Å². The number of nitrogens with zero attached hydrogens (tertiary/aromatic N) is 5. The lowest BCUT2D eigenvalue weighted by Gasteiger charge is -2.31. The minimum Gasteiger partial charge on any atom is -0.337 e. The van der Waals surface area contributed by atoms with Gasteiger partial charge in [-0.3, -0.25) is 4.79 Å². The van der Waals surface area contributed by atoms with E-state index in [-0.39, 0.29) is 11.8 Å². The number of aryl methyl sites for hydroxylation is 2. The first-order valence-electron chi connectivity index (χ1n) is 7.45. The average Bonchev–Trinajstić information content (AvgIpc) is 3.12. The summed E-state index contributed by atoms with van der Waals surface area (Å²) < 4.78 is 39.9. The Morgan fingerprint density at radius 1 is 1.38 bits per heavy atom. The average molecular weight is 359 g/mol. The van der Waals surface area contributed by atoms with E-state index in [1.54, 1.807) is 18.9 Å². The zero-order chi connectivity index (χ0) is 17.5. The molecule has 1 fully saturated rings. The molecular weight excluding hydrogens is 343 g/mol. The number of rotatable bonds is 2. The molecule has 0 radical (unpaired) electrons. The summed E-state index contributed by atoms with van der Waals surface area (Å²) in [5, 5.41) is 8.69. The number of hydrogen-bond acceptors (Lipinski definition) is 5. The Kier molecular flexibility index (Phi) is 4.33. The molecule has 24 heavy (non-hydrogen) atoms. The van der Waals surface area contributed by atoms with Crippen molar-refractivity contribution in [2.75, 3.05) is 13.1 Å². The van der Waals surface area contributed by atoms with E-state index in [0.717, 1.165) is 6.20 Å². The van der Waals surface area contributed by atoms with Gasteiger partial charge in [0.25, 0.3) is 5.91 Å². The summed E-state index contributed by atoms with van der Waals surface area (Å²) in [5.74, 6) is -0.0957. The molecule has 2 aromatic rings. The normalized spacial score (nSPS) is 18.9. The largest absolute Gasteiger partial charge is 0.434 e. The van der Waals surface area contributed by atoms with Gasteiger partial charge in [-0.2, -0.15) is 13.2 Å². The van der Waals surface area contributed by atoms with Crippen molar-refractivity contribution in [3.05, 3.63) is 27.7 Å². The van der Waals surface area contributed by atoms with Crippen LogP contribution in [0.4, 0.5) is 13.2 Å². The predicted molar refractivity (Wildman–Crippen MR) is 80.7 cm³/mol. The Morgan fingerprint density at radius 3 is 2.71 bits per heavy atom. The Labute approximate surface area is 140 Å². The van der Waals surface area contributed by atoms with Crippen molar-refractivity contribution in [2.45, 2.75) is 31.9 Å². The highest BCUT2D eigenvalue weighted by atomic mass is 32.1. The van der Waals surface area contributed by atoms with E-state index in [1.165, 1.54) is 15.9 Å². The number of likely N-dealkylation sites (tertiary alicyclic amines) is 1. The van der Waals surface area contributed by atoms with Crippen LogP contribution in [0.25, 0.3) is 0 Å². The fraction of sp³-hybridized carbons (Fsp3) is 0.571. The lowest BCUT2D eigenvalue weighted by atomic mass is 9.97. The third-order valence-electron chi connectivity index (χ3n) is 3.99. The van der Waals surface area contributed by atoms with Crippen molar-refractivity contribution >= 4 is 17.2 Å². The summed E-state index contributed by atoms with van der Waals surface area (Å²) in [6.45, 7) is 2.66. The van der Waals surface area contributed by atoms with Gasteiger partial charge in [0, 0.05) is 32.3 Å². The molecule has 10 heteroatoms. The van der Waals surface area contributed by atoms with Crippen LogP contribution < -0.4 is 0 Å². The number of alkyl halides is 3. The van der Waals surface area contributed by atoms with Gasteiger partial charge < -0.3 is 9.47 Å². The Bertz CT molecular complexity index is 754. The SMILES string of the molecule is Cc1nnc(C(=O)N2CCCC(c3nc(C(F)(F)F)cn3C)C2)s1. The summed E-state index contributed by atoms with van der Waals surface area (Å²) in [7, 11) is 1.55. The second-order valence-electron chi connectivity index (χ2n) is 5.81. The number of piperidine rings is 1. The minimum absolute atomic E-state index is 0.224. The van der Waals surface area contributed by atoms with Gasteiger partial charge in [-0.15, -0.1) is 10.2 Å². The molecule has 3 heterocycles. The maximum Gasteiger partial charge on any atom is 0.434 e. The van der Waals surface area contributed by atoms with Crippen LogP contribution in [0.3, 0.4) is 0 Å². The summed E-state index contributed by atoms with van der Waals surface area (Å²) in [4.78, 5) is 17.8. The summed E-state index contributed by atoms with van der Waals surface area (Å²) >= 11 is 1.21. The first-order chi connectivity index (χ1) is 11.3. The second-order valence-corrected chi connectivity index (χ2v) is 6.99. The summed E-state index contributed by atoms with van der Waals surface area (Å²) in [5.41, 5.74) is -0.900. The van der Waals surface area contributed by atoms with E-state index >= 15 is 0 Å². The molecule has 1 aliphatic rings. The van der Waals surface area contributed by atoms with Gasteiger partial charge >= 0.3 is 6.18 Å². The molecule has 0 N–H and O–H groups in total. The smallest absolute Gasteiger partial charge is 0.337 e. The number of imidazole rings is 1. The third-order valence-corrected chi connectivity index (χ3v) is 4.81. The molecular formula is C14H16F3N5OS. The molecule has 1 atom stereocenters. The van der Waals surface area contributed by atoms with E-state index in [9.17, 15) is 18.0 Å². The van der Waals surface area contributed by atoms with Gasteiger partial charge in [-0.25, -0.2) is 4.98 Å². The molecule has 0 bridgehead atoms. The number of amides is 1. The Balaban J connectivity index is 1.79. The predicted octanol–water partition coefficient (Wildman–Crippen LogP) is 2.62. The van der Waals surface area contributed by atoms with Crippen LogP contribution in [-0.4, -0.2) is 43.6 Å². The van der Waals surface area contributed by atoms with Crippen LogP contribution in [0.2, 0.25) is 0 Å². The van der Waals surface area contributed by atoms with Crippen molar-refractivity contribution in [3.8, 4) is 0 Å². The van der Waals surface area contributed by atoms with E-state index in [1.807, 2.05) is 0 Å². The third kappa shape index (κ3) is 3.28. The monoisotopic (exact) mass is 359 g/mol. The van der Waals surface area contributed by atoms with E-state index < -0.39 is 11.9 Å². The van der Waals surface area contributed by atoms with Gasteiger partial charge in [0.15, 0.2) is 5.69 Å². The lowest BCUT2D eigenvalue weighted by molar-refractivity contribution is -0.141. The molecule has 130 valence electrons. The molecule has 1 aliphatic heterocycles. The molecule has 0 aliphatic carbocycles. The molecule has 0 aromatic carbocycles. The van der Waals surface area contributed by atoms with Crippen molar-refractivity contribution in [1.82, 2.24) is 24.6 Å². The standard InChI is InChI=1S/C14H16F3N5OS/c1-8-19-20-12(24-8)13(23)22-5-3-4-9(6-22)11-18-10(7-21(11)2)14(15,16)17/h7,9H,3-6H2,1-2H3. The van der Waals surface area contributed by atoms with Crippen LogP contribution in [0, 0.1) is 6.92 Å². The van der Waals surface area contributed by atoms with Gasteiger partial charge in [0.1, 0.15) is 10.8 Å². The zero-order valence-corrected chi connectivity index (χ0v) is 14.0. The molecule has 2 aromatic heterocycles. The van der Waals surface area contributed by atoms with Gasteiger partial charge in [-0.05, 0) is 19.8 Å². The molecule has 1 saturated heterocycles. The van der Waals surface area contributed by atoms with Crippen LogP contribution in [0.1, 0.15) is 45.1 Å². The first kappa shape index (κ1) is 16.9. The number of halogens is 3. The molecule has 3 rings (SSSR count). The number of carbonyl (C=O) groups is 1. The molecule has 6 nitrogen and oxygen atoms in total. The summed E-state index contributed by atoms with van der Waals surface area (Å²) in [6, 6.07) is 0. The lowest BCUT2D eigenvalue weighted by Crippen LogP contribution is -2.39. The van der Waals surface area contributed by atoms with Crippen molar-refractivity contribution < 1.29 is 18.0 Å². The molecule has 0 spiro atoms. The first-order valence-corrected chi connectivity index (χ1v) is 8.27. The molecule has 1 amide bonds. The fourth-order valence-electron chi connectivity index (χ4n) is 2.89.